The highest BCUT2D eigenvalue weighted by Crippen LogP contribution is 2.16. The van der Waals surface area contributed by atoms with Crippen molar-refractivity contribution in [2.24, 2.45) is 0 Å². The van der Waals surface area contributed by atoms with Gasteiger partial charge in [-0.1, -0.05) is 48.0 Å². The van der Waals surface area contributed by atoms with Gasteiger partial charge in [0.1, 0.15) is 18.2 Å². The van der Waals surface area contributed by atoms with Crippen molar-refractivity contribution >= 4 is 22.6 Å². The quantitative estimate of drug-likeness (QED) is 0.472. The summed E-state index contributed by atoms with van der Waals surface area (Å²) in [5.41, 5.74) is 4.31. The second kappa shape index (κ2) is 8.25. The molecule has 136 valence electrons. The van der Waals surface area contributed by atoms with Crippen molar-refractivity contribution in [3.63, 3.8) is 0 Å². The van der Waals surface area contributed by atoms with Gasteiger partial charge in [-0.2, -0.15) is 0 Å². The van der Waals surface area contributed by atoms with Crippen molar-refractivity contribution in [3.8, 4) is 5.75 Å². The lowest BCUT2D eigenvalue weighted by Crippen LogP contribution is -2.13. The van der Waals surface area contributed by atoms with Crippen LogP contribution in [0.3, 0.4) is 0 Å². The number of nitrogens with zero attached hydrogens (tertiary/aromatic N) is 1. The molecule has 4 rings (SSSR count). The van der Waals surface area contributed by atoms with Crippen LogP contribution in [0.15, 0.2) is 72.8 Å². The van der Waals surface area contributed by atoms with Gasteiger partial charge >= 0.3 is 0 Å². The van der Waals surface area contributed by atoms with E-state index in [0.717, 1.165) is 39.7 Å². The second-order valence-electron chi connectivity index (χ2n) is 6.37. The van der Waals surface area contributed by atoms with Crippen molar-refractivity contribution in [1.29, 1.82) is 0 Å². The molecule has 4 aromatic rings. The third-order valence-electron chi connectivity index (χ3n) is 4.28. The zero-order chi connectivity index (χ0) is 18.5. The molecule has 0 atom stereocenters. The lowest BCUT2D eigenvalue weighted by molar-refractivity contribution is 0.306. The molecule has 0 radical (unpaired) electrons. The van der Waals surface area contributed by atoms with Crippen molar-refractivity contribution in [3.05, 3.63) is 94.8 Å². The first kappa shape index (κ1) is 17.6. The zero-order valence-electron chi connectivity index (χ0n) is 14.8. The minimum Gasteiger partial charge on any atom is -0.489 e. The number of aromatic nitrogens is 2. The molecule has 0 aliphatic rings. The van der Waals surface area contributed by atoms with E-state index in [2.05, 4.69) is 27.4 Å². The van der Waals surface area contributed by atoms with Gasteiger partial charge in [-0.15, -0.1) is 0 Å². The molecule has 0 amide bonds. The summed E-state index contributed by atoms with van der Waals surface area (Å²) in [6.07, 6.45) is 0. The van der Waals surface area contributed by atoms with Crippen LogP contribution in [-0.4, -0.2) is 9.97 Å². The van der Waals surface area contributed by atoms with Crippen LogP contribution in [-0.2, 0) is 19.7 Å². The molecule has 27 heavy (non-hydrogen) atoms. The number of benzene rings is 3. The smallest absolute Gasteiger partial charge is 0.121 e. The highest BCUT2D eigenvalue weighted by atomic mass is 35.5. The van der Waals surface area contributed by atoms with Gasteiger partial charge in [0.15, 0.2) is 0 Å². The molecular formula is C22H20ClN3O. The molecule has 0 fully saturated rings. The molecule has 0 unspecified atom stereocenters. The maximum Gasteiger partial charge on any atom is 0.121 e. The Hall–Kier alpha value is -2.82. The number of fused-ring (bicyclic) bond motifs is 1. The lowest BCUT2D eigenvalue weighted by Gasteiger charge is -2.08. The van der Waals surface area contributed by atoms with Gasteiger partial charge in [-0.3, -0.25) is 0 Å². The fourth-order valence-corrected chi connectivity index (χ4v) is 3.12. The van der Waals surface area contributed by atoms with Crippen molar-refractivity contribution < 1.29 is 4.74 Å². The molecule has 0 aliphatic carbocycles. The van der Waals surface area contributed by atoms with Crippen LogP contribution >= 0.6 is 11.6 Å². The predicted molar refractivity (Wildman–Crippen MR) is 109 cm³/mol. The average molecular weight is 378 g/mol. The van der Waals surface area contributed by atoms with E-state index in [0.29, 0.717) is 13.2 Å². The molecule has 0 saturated carbocycles. The summed E-state index contributed by atoms with van der Waals surface area (Å²) < 4.78 is 5.82. The van der Waals surface area contributed by atoms with Crippen LogP contribution in [0.4, 0.5) is 0 Å². The van der Waals surface area contributed by atoms with E-state index >= 15 is 0 Å². The van der Waals surface area contributed by atoms with E-state index in [1.54, 1.807) is 0 Å². The van der Waals surface area contributed by atoms with E-state index in [1.165, 1.54) is 5.56 Å². The van der Waals surface area contributed by atoms with Gasteiger partial charge in [0.25, 0.3) is 0 Å². The fourth-order valence-electron chi connectivity index (χ4n) is 2.91. The molecule has 0 spiro atoms. The third kappa shape index (κ3) is 4.67. The number of para-hydroxylation sites is 2. The number of rotatable bonds is 7. The Kier molecular flexibility index (Phi) is 5.37. The Balaban J connectivity index is 1.27. The van der Waals surface area contributed by atoms with E-state index in [9.17, 15) is 0 Å². The Labute approximate surface area is 163 Å². The number of H-pyrrole nitrogens is 1. The Bertz CT molecular complexity index is 994. The number of aromatic amines is 1. The molecule has 3 aromatic carbocycles. The summed E-state index contributed by atoms with van der Waals surface area (Å²) in [6, 6.07) is 23.9. The Morgan fingerprint density at radius 3 is 2.56 bits per heavy atom. The standard InChI is InChI=1S/C22H20ClN3O/c23-18-5-3-4-17(12-18)15-27-19-10-8-16(9-11-19)13-24-14-22-25-20-6-1-2-7-21(20)26-22/h1-12,24H,13-15H2,(H,25,26). The summed E-state index contributed by atoms with van der Waals surface area (Å²) in [6.45, 7) is 1.97. The predicted octanol–water partition coefficient (Wildman–Crippen LogP) is 5.09. The minimum atomic E-state index is 0.504. The van der Waals surface area contributed by atoms with E-state index < -0.39 is 0 Å². The maximum absolute atomic E-state index is 5.99. The SMILES string of the molecule is Clc1cccc(COc2ccc(CNCc3nc4ccccc4[nH]3)cc2)c1. The first-order valence-corrected chi connectivity index (χ1v) is 9.24. The van der Waals surface area contributed by atoms with Gasteiger partial charge in [-0.05, 0) is 47.5 Å². The molecule has 1 aromatic heterocycles. The van der Waals surface area contributed by atoms with Crippen LogP contribution < -0.4 is 10.1 Å². The monoisotopic (exact) mass is 377 g/mol. The number of nitrogens with one attached hydrogen (secondary N) is 2. The summed E-state index contributed by atoms with van der Waals surface area (Å²) in [7, 11) is 0. The molecule has 0 saturated heterocycles. The average Bonchev–Trinajstić information content (AvgIpc) is 3.10. The van der Waals surface area contributed by atoms with Gasteiger partial charge in [0.2, 0.25) is 0 Å². The van der Waals surface area contributed by atoms with Crippen molar-refractivity contribution in [1.82, 2.24) is 15.3 Å². The summed E-state index contributed by atoms with van der Waals surface area (Å²) in [5, 5.41) is 4.14. The molecule has 5 heteroatoms. The van der Waals surface area contributed by atoms with Gasteiger partial charge in [0.05, 0.1) is 17.6 Å². The van der Waals surface area contributed by atoms with Gasteiger partial charge in [-0.25, -0.2) is 4.98 Å². The van der Waals surface area contributed by atoms with E-state index in [1.807, 2.05) is 60.7 Å². The van der Waals surface area contributed by atoms with Crippen LogP contribution in [0, 0.1) is 0 Å². The van der Waals surface area contributed by atoms with Gasteiger partial charge < -0.3 is 15.0 Å². The van der Waals surface area contributed by atoms with Crippen LogP contribution in [0.25, 0.3) is 11.0 Å². The minimum absolute atomic E-state index is 0.504. The number of hydrogen-bond donors (Lipinski definition) is 2. The summed E-state index contributed by atoms with van der Waals surface area (Å²) >= 11 is 5.99. The summed E-state index contributed by atoms with van der Waals surface area (Å²) in [4.78, 5) is 7.89. The van der Waals surface area contributed by atoms with E-state index in [-0.39, 0.29) is 0 Å². The van der Waals surface area contributed by atoms with E-state index in [4.69, 9.17) is 16.3 Å². The largest absolute Gasteiger partial charge is 0.489 e. The second-order valence-corrected chi connectivity index (χ2v) is 6.80. The van der Waals surface area contributed by atoms with Crippen molar-refractivity contribution in [2.75, 3.05) is 0 Å². The summed E-state index contributed by atoms with van der Waals surface area (Å²) in [5.74, 6) is 1.79. The van der Waals surface area contributed by atoms with Gasteiger partial charge in [0, 0.05) is 11.6 Å². The first-order chi connectivity index (χ1) is 13.3. The van der Waals surface area contributed by atoms with Crippen LogP contribution in [0.5, 0.6) is 5.75 Å². The fraction of sp³-hybridized carbons (Fsp3) is 0.136. The Morgan fingerprint density at radius 1 is 0.889 bits per heavy atom. The van der Waals surface area contributed by atoms with Crippen LogP contribution in [0.1, 0.15) is 17.0 Å². The highest BCUT2D eigenvalue weighted by Gasteiger charge is 2.02. The number of halogens is 1. The normalized spacial score (nSPS) is 11.0. The molecule has 0 aliphatic heterocycles. The topological polar surface area (TPSA) is 49.9 Å². The van der Waals surface area contributed by atoms with Crippen molar-refractivity contribution in [2.45, 2.75) is 19.7 Å². The lowest BCUT2D eigenvalue weighted by atomic mass is 10.2. The van der Waals surface area contributed by atoms with Crippen LogP contribution in [0.2, 0.25) is 5.02 Å². The zero-order valence-corrected chi connectivity index (χ0v) is 15.5. The highest BCUT2D eigenvalue weighted by molar-refractivity contribution is 6.30. The Morgan fingerprint density at radius 2 is 1.74 bits per heavy atom. The maximum atomic E-state index is 5.99. The number of hydrogen-bond acceptors (Lipinski definition) is 3. The molecular weight excluding hydrogens is 358 g/mol. The number of ether oxygens (including phenoxy) is 1. The third-order valence-corrected chi connectivity index (χ3v) is 4.51. The molecule has 2 N–H and O–H groups in total. The molecule has 0 bridgehead atoms. The molecule has 4 nitrogen and oxygen atoms in total. The first-order valence-electron chi connectivity index (χ1n) is 8.87. The molecule has 1 heterocycles. The number of imidazole rings is 1.